The first-order valence-electron chi connectivity index (χ1n) is 14.9. The van der Waals surface area contributed by atoms with Gasteiger partial charge in [0.2, 0.25) is 0 Å². The van der Waals surface area contributed by atoms with Crippen molar-refractivity contribution in [3.63, 3.8) is 0 Å². The van der Waals surface area contributed by atoms with E-state index in [4.69, 9.17) is 0 Å². The summed E-state index contributed by atoms with van der Waals surface area (Å²) in [4.78, 5) is 0. The monoisotopic (exact) mass is 521 g/mol. The molecule has 0 saturated carbocycles. The molecule has 1 heterocycles. The van der Waals surface area contributed by atoms with Gasteiger partial charge in [0.05, 0.1) is 5.52 Å². The number of aryl methyl sites for hydroxylation is 1. The molecule has 41 heavy (non-hydrogen) atoms. The van der Waals surface area contributed by atoms with E-state index in [0.29, 0.717) is 0 Å². The van der Waals surface area contributed by atoms with Gasteiger partial charge >= 0.3 is 0 Å². The van der Waals surface area contributed by atoms with Crippen LogP contribution < -0.4 is 0 Å². The average molecular weight is 522 g/mol. The highest BCUT2D eigenvalue weighted by atomic mass is 15.0. The second kappa shape index (κ2) is 7.65. The molecule has 192 valence electrons. The lowest BCUT2D eigenvalue weighted by atomic mass is 9.88. The van der Waals surface area contributed by atoms with Crippen LogP contribution in [0.5, 0.6) is 0 Å². The van der Waals surface area contributed by atoms with Gasteiger partial charge in [-0.15, -0.1) is 0 Å². The Bertz CT molecular complexity index is 2610. The number of unbranched alkanes of at least 4 members (excludes halogenated alkanes) is 1. The third-order valence-corrected chi connectivity index (χ3v) is 9.83. The van der Waals surface area contributed by atoms with Gasteiger partial charge in [-0.1, -0.05) is 110 Å². The summed E-state index contributed by atoms with van der Waals surface area (Å²) >= 11 is 0. The molecule has 1 aliphatic rings. The Balaban J connectivity index is 1.58. The zero-order valence-corrected chi connectivity index (χ0v) is 23.0. The van der Waals surface area contributed by atoms with Crippen molar-refractivity contribution < 1.29 is 0 Å². The summed E-state index contributed by atoms with van der Waals surface area (Å²) in [5.41, 5.74) is 5.49. The van der Waals surface area contributed by atoms with Crippen molar-refractivity contribution in [3.05, 3.63) is 109 Å². The Morgan fingerprint density at radius 2 is 1.12 bits per heavy atom. The van der Waals surface area contributed by atoms with Crippen LogP contribution in [0.25, 0.3) is 97.6 Å². The number of benzene rings is 8. The summed E-state index contributed by atoms with van der Waals surface area (Å²) in [6.07, 6.45) is 2.34. The number of rotatable bonds is 3. The molecule has 10 rings (SSSR count). The number of hydrogen-bond acceptors (Lipinski definition) is 0. The van der Waals surface area contributed by atoms with Crippen molar-refractivity contribution in [1.29, 1.82) is 0 Å². The number of fused-ring (bicyclic) bond motifs is 7. The highest BCUT2D eigenvalue weighted by molar-refractivity contribution is 6.41. The lowest BCUT2D eigenvalue weighted by Crippen LogP contribution is -1.98. The molecule has 1 nitrogen and oxygen atoms in total. The van der Waals surface area contributed by atoms with Crippen LogP contribution >= 0.6 is 0 Å². The van der Waals surface area contributed by atoms with Gasteiger partial charge in [0.25, 0.3) is 0 Å². The molecule has 1 heteroatoms. The summed E-state index contributed by atoms with van der Waals surface area (Å²) < 4.78 is 2.63. The maximum Gasteiger partial charge on any atom is 0.0504 e. The first-order valence-corrected chi connectivity index (χ1v) is 14.9. The molecule has 1 aromatic heterocycles. The molecule has 9 aromatic rings. The van der Waals surface area contributed by atoms with Gasteiger partial charge in [-0.2, -0.15) is 0 Å². The SMILES string of the molecule is CCCCn1c2cc3c(ccc4ccc5ccccc5c43)c3c2c2c4c(ccc5ccc6cccc-3c6c54)ccc21. The first kappa shape index (κ1) is 21.9. The minimum atomic E-state index is 1.03. The number of aromatic nitrogens is 1. The second-order valence-electron chi connectivity index (χ2n) is 11.9. The molecule has 0 bridgehead atoms. The molecule has 0 saturated heterocycles. The molecule has 0 fully saturated rings. The second-order valence-corrected chi connectivity index (χ2v) is 11.9. The molecule has 0 aliphatic heterocycles. The highest BCUT2D eigenvalue weighted by Gasteiger charge is 2.26. The summed E-state index contributed by atoms with van der Waals surface area (Å²) in [6.45, 7) is 3.33. The van der Waals surface area contributed by atoms with Gasteiger partial charge in [-0.05, 0) is 83.4 Å². The standard InChI is InChI=1S/C40H27N/c1-2-3-21-41-32-20-18-27-16-15-26-14-13-24-8-6-10-30-35(24)36(26)37(27)39(32)40-33(41)22-31-29(38(30)40)19-17-25-12-11-23-7-4-5-9-28(23)34(25)31/h4-20,22H,2-3,21H2,1H3. The van der Waals surface area contributed by atoms with Crippen LogP contribution in [0.2, 0.25) is 0 Å². The fraction of sp³-hybridized carbons (Fsp3) is 0.100. The molecule has 8 aromatic carbocycles. The molecule has 0 atom stereocenters. The van der Waals surface area contributed by atoms with Crippen LogP contribution in [0.4, 0.5) is 0 Å². The van der Waals surface area contributed by atoms with Crippen LogP contribution in [0, 0.1) is 0 Å². The zero-order chi connectivity index (χ0) is 26.8. The minimum Gasteiger partial charge on any atom is -0.340 e. The number of nitrogens with zero attached hydrogens (tertiary/aromatic N) is 1. The molecule has 0 N–H and O–H groups in total. The Hall–Kier alpha value is -4.88. The number of hydrogen-bond donors (Lipinski definition) is 0. The van der Waals surface area contributed by atoms with Crippen molar-refractivity contribution >= 4 is 86.4 Å². The van der Waals surface area contributed by atoms with Gasteiger partial charge < -0.3 is 4.57 Å². The normalized spacial score (nSPS) is 12.8. The summed E-state index contributed by atoms with van der Waals surface area (Å²) in [6, 6.07) is 41.7. The minimum absolute atomic E-state index is 1.03. The smallest absolute Gasteiger partial charge is 0.0504 e. The Morgan fingerprint density at radius 3 is 1.95 bits per heavy atom. The molecule has 0 unspecified atom stereocenters. The summed E-state index contributed by atoms with van der Waals surface area (Å²) in [5.74, 6) is 0. The topological polar surface area (TPSA) is 4.93 Å². The van der Waals surface area contributed by atoms with E-state index in [-0.39, 0.29) is 0 Å². The van der Waals surface area contributed by atoms with E-state index in [0.717, 1.165) is 6.54 Å². The Labute approximate surface area is 237 Å². The van der Waals surface area contributed by atoms with Gasteiger partial charge in [-0.25, -0.2) is 0 Å². The highest BCUT2D eigenvalue weighted by Crippen LogP contribution is 2.52. The third kappa shape index (κ3) is 2.63. The predicted octanol–water partition coefficient (Wildman–Crippen LogP) is 11.5. The van der Waals surface area contributed by atoms with Crippen LogP contribution in [0.3, 0.4) is 0 Å². The Morgan fingerprint density at radius 1 is 0.463 bits per heavy atom. The van der Waals surface area contributed by atoms with Crippen molar-refractivity contribution in [2.45, 2.75) is 26.3 Å². The van der Waals surface area contributed by atoms with Crippen molar-refractivity contribution in [2.75, 3.05) is 0 Å². The van der Waals surface area contributed by atoms with Crippen LogP contribution in [0.15, 0.2) is 109 Å². The van der Waals surface area contributed by atoms with Crippen LogP contribution in [-0.4, -0.2) is 4.57 Å². The van der Waals surface area contributed by atoms with E-state index in [9.17, 15) is 0 Å². The van der Waals surface area contributed by atoms with Crippen molar-refractivity contribution in [2.24, 2.45) is 0 Å². The van der Waals surface area contributed by atoms with Gasteiger partial charge in [-0.3, -0.25) is 0 Å². The summed E-state index contributed by atoms with van der Waals surface area (Å²) in [5, 5.41) is 19.1. The predicted molar refractivity (Wildman–Crippen MR) is 178 cm³/mol. The molecule has 0 spiro atoms. The molecule has 1 aliphatic carbocycles. The Kier molecular flexibility index (Phi) is 4.08. The third-order valence-electron chi connectivity index (χ3n) is 9.83. The lowest BCUT2D eigenvalue weighted by Gasteiger charge is -2.17. The fourth-order valence-corrected chi connectivity index (χ4v) is 8.08. The van der Waals surface area contributed by atoms with Crippen LogP contribution in [0.1, 0.15) is 19.8 Å². The largest absolute Gasteiger partial charge is 0.340 e. The maximum atomic E-state index is 2.63. The summed E-state index contributed by atoms with van der Waals surface area (Å²) in [7, 11) is 0. The van der Waals surface area contributed by atoms with E-state index in [1.54, 1.807) is 0 Å². The van der Waals surface area contributed by atoms with Crippen molar-refractivity contribution in [1.82, 2.24) is 4.57 Å². The van der Waals surface area contributed by atoms with Gasteiger partial charge in [0, 0.05) is 33.8 Å². The van der Waals surface area contributed by atoms with Crippen molar-refractivity contribution in [3.8, 4) is 11.1 Å². The van der Waals surface area contributed by atoms with E-state index in [1.165, 1.54) is 110 Å². The molecular formula is C40H27N. The van der Waals surface area contributed by atoms with E-state index < -0.39 is 0 Å². The van der Waals surface area contributed by atoms with Crippen LogP contribution in [-0.2, 0) is 6.54 Å². The first-order chi connectivity index (χ1) is 20.3. The van der Waals surface area contributed by atoms with E-state index in [2.05, 4.69) is 121 Å². The zero-order valence-electron chi connectivity index (χ0n) is 23.0. The fourth-order valence-electron chi connectivity index (χ4n) is 8.08. The van der Waals surface area contributed by atoms with Gasteiger partial charge in [0.1, 0.15) is 0 Å². The molecular weight excluding hydrogens is 494 g/mol. The maximum absolute atomic E-state index is 2.63. The van der Waals surface area contributed by atoms with Gasteiger partial charge in [0.15, 0.2) is 0 Å². The quantitative estimate of drug-likeness (QED) is 0.204. The molecule has 0 radical (unpaired) electrons. The average Bonchev–Trinajstić information content (AvgIpc) is 3.26. The molecule has 0 amide bonds. The van der Waals surface area contributed by atoms with E-state index in [1.807, 2.05) is 0 Å². The lowest BCUT2D eigenvalue weighted by molar-refractivity contribution is 0.665. The van der Waals surface area contributed by atoms with E-state index >= 15 is 0 Å².